The third-order valence-corrected chi connectivity index (χ3v) is 7.49. The van der Waals surface area contributed by atoms with Gasteiger partial charge in [0.2, 0.25) is 0 Å². The number of aromatic nitrogens is 3. The van der Waals surface area contributed by atoms with Crippen molar-refractivity contribution in [2.45, 2.75) is 57.7 Å². The normalized spacial score (nSPS) is 13.7. The van der Waals surface area contributed by atoms with Crippen molar-refractivity contribution in [3.63, 3.8) is 0 Å². The highest BCUT2D eigenvalue weighted by Crippen LogP contribution is 2.31. The molecular formula is C30H39ClFN9O. The molecule has 0 aliphatic carbocycles. The van der Waals surface area contributed by atoms with E-state index in [-0.39, 0.29) is 29.1 Å². The van der Waals surface area contributed by atoms with Crippen molar-refractivity contribution >= 4 is 28.6 Å². The number of hydrogen-bond acceptors (Lipinski definition) is 6. The molecule has 12 heteroatoms. The zero-order chi connectivity index (χ0) is 30.4. The largest absolute Gasteiger partial charge is 0.370 e. The van der Waals surface area contributed by atoms with E-state index in [1.807, 2.05) is 38.1 Å². The third-order valence-electron chi connectivity index (χ3n) is 7.21. The van der Waals surface area contributed by atoms with Gasteiger partial charge in [-0.05, 0) is 87.5 Å². The Morgan fingerprint density at radius 2 is 1.90 bits per heavy atom. The number of aliphatic imine (C=N–C) groups is 1. The number of hydrogen-bond donors (Lipinski definition) is 6. The van der Waals surface area contributed by atoms with Crippen molar-refractivity contribution in [1.82, 2.24) is 19.9 Å². The van der Waals surface area contributed by atoms with Gasteiger partial charge in [-0.3, -0.25) is 4.57 Å². The Bertz CT molecular complexity index is 1590. The van der Waals surface area contributed by atoms with Crippen LogP contribution in [0.5, 0.6) is 0 Å². The molecule has 0 saturated carbocycles. The molecule has 0 aliphatic rings. The summed E-state index contributed by atoms with van der Waals surface area (Å²) in [6.07, 6.45) is 4.86. The first-order valence-corrected chi connectivity index (χ1v) is 14.4. The fourth-order valence-corrected chi connectivity index (χ4v) is 5.13. The van der Waals surface area contributed by atoms with Crippen LogP contribution in [0, 0.1) is 5.82 Å². The lowest BCUT2D eigenvalue weighted by Crippen LogP contribution is -2.31. The van der Waals surface area contributed by atoms with Crippen LogP contribution in [0.3, 0.4) is 0 Å². The Morgan fingerprint density at radius 1 is 1.17 bits per heavy atom. The van der Waals surface area contributed by atoms with Crippen LogP contribution in [-0.4, -0.2) is 45.7 Å². The van der Waals surface area contributed by atoms with E-state index in [9.17, 15) is 4.79 Å². The Balaban J connectivity index is 1.52. The van der Waals surface area contributed by atoms with Crippen molar-refractivity contribution < 1.29 is 4.39 Å². The summed E-state index contributed by atoms with van der Waals surface area (Å²) in [5.74, 6) is -0.495. The van der Waals surface area contributed by atoms with Crippen molar-refractivity contribution in [3.8, 4) is 16.9 Å². The molecule has 2 heterocycles. The van der Waals surface area contributed by atoms with Gasteiger partial charge in [0.15, 0.2) is 11.8 Å². The van der Waals surface area contributed by atoms with Crippen LogP contribution in [0.25, 0.3) is 28.0 Å². The Morgan fingerprint density at radius 3 is 2.57 bits per heavy atom. The summed E-state index contributed by atoms with van der Waals surface area (Å²) in [6.45, 7) is 5.05. The summed E-state index contributed by atoms with van der Waals surface area (Å²) < 4.78 is 16.5. The number of nitrogens with two attached hydrogens (primary N) is 4. The van der Waals surface area contributed by atoms with Gasteiger partial charge >= 0.3 is 5.69 Å². The Kier molecular flexibility index (Phi) is 10.3. The summed E-state index contributed by atoms with van der Waals surface area (Å²) in [6, 6.07) is 12.9. The summed E-state index contributed by atoms with van der Waals surface area (Å²) in [5.41, 5.74) is 25.9. The molecule has 10 N–H and O–H groups in total. The minimum Gasteiger partial charge on any atom is -0.370 e. The molecular weight excluding hydrogens is 557 g/mol. The number of benzene rings is 2. The zero-order valence-corrected chi connectivity index (χ0v) is 24.7. The van der Waals surface area contributed by atoms with Crippen LogP contribution in [0.15, 0.2) is 58.4 Å². The van der Waals surface area contributed by atoms with Gasteiger partial charge < -0.3 is 33.2 Å². The first kappa shape index (κ1) is 31.2. The number of H-pyrrole nitrogens is 1. The molecule has 42 heavy (non-hydrogen) atoms. The maximum Gasteiger partial charge on any atom is 0.354 e. The molecule has 0 unspecified atom stereocenters. The van der Waals surface area contributed by atoms with Crippen LogP contribution < -0.4 is 33.9 Å². The number of aromatic amines is 1. The second kappa shape index (κ2) is 13.9. The number of guanidine groups is 1. The Hall–Kier alpha value is -3.77. The lowest BCUT2D eigenvalue weighted by atomic mass is 10.0. The minimum atomic E-state index is -0.525. The quantitative estimate of drug-likeness (QED) is 0.101. The molecule has 0 saturated heterocycles. The second-order valence-electron chi connectivity index (χ2n) is 10.7. The molecule has 0 bridgehead atoms. The highest BCUT2D eigenvalue weighted by Gasteiger charge is 2.16. The number of fused-ring (bicyclic) bond motifs is 1. The van der Waals surface area contributed by atoms with Gasteiger partial charge in [-0.2, -0.15) is 4.98 Å². The number of nitrogens with zero attached hydrogens (tertiary/aromatic N) is 3. The second-order valence-corrected chi connectivity index (χ2v) is 11.1. The summed E-state index contributed by atoms with van der Waals surface area (Å²) in [7, 11) is 0. The Labute approximate surface area is 249 Å². The standard InChI is InChI=1S/C30H39ClFN9O/c1-17(34)4-3-5-19-12-24(27(32)25(31)13-19)26-14-21-16-41(30(42)40-28(21)39-26)23-8-6-20(7-9-23)18(2)37-11-10-22(15-33)38-29(35)36/h6-9,12-14,16-18,22,37H,3-5,10-11,15,33-34H2,1-2H3,(H4,35,36,38)(H,39,40,42)/t17-,18-,22+/m0/s1. The first-order valence-electron chi connectivity index (χ1n) is 14.0. The van der Waals surface area contributed by atoms with Gasteiger partial charge in [-0.1, -0.05) is 23.7 Å². The maximum atomic E-state index is 15.1. The van der Waals surface area contributed by atoms with Gasteiger partial charge in [0.1, 0.15) is 5.65 Å². The van der Waals surface area contributed by atoms with Crippen molar-refractivity contribution in [1.29, 1.82) is 0 Å². The molecule has 0 amide bonds. The number of halogens is 2. The van der Waals surface area contributed by atoms with Crippen LogP contribution in [0.4, 0.5) is 4.39 Å². The van der Waals surface area contributed by atoms with Crippen LogP contribution >= 0.6 is 11.6 Å². The molecule has 0 aliphatic heterocycles. The van der Waals surface area contributed by atoms with E-state index in [0.717, 1.165) is 30.4 Å². The minimum absolute atomic E-state index is 0.0300. The summed E-state index contributed by atoms with van der Waals surface area (Å²) >= 11 is 6.23. The van der Waals surface area contributed by atoms with Gasteiger partial charge in [-0.15, -0.1) is 0 Å². The van der Waals surface area contributed by atoms with E-state index < -0.39 is 11.5 Å². The summed E-state index contributed by atoms with van der Waals surface area (Å²) in [4.78, 5) is 24.4. The number of rotatable bonds is 13. The van der Waals surface area contributed by atoms with E-state index in [0.29, 0.717) is 47.5 Å². The highest BCUT2D eigenvalue weighted by atomic mass is 35.5. The molecule has 0 spiro atoms. The van der Waals surface area contributed by atoms with Gasteiger partial charge in [0.25, 0.3) is 0 Å². The smallest absolute Gasteiger partial charge is 0.354 e. The molecule has 3 atom stereocenters. The molecule has 0 fully saturated rings. The first-order chi connectivity index (χ1) is 20.0. The lowest BCUT2D eigenvalue weighted by Gasteiger charge is -2.17. The fraction of sp³-hybridized carbons (Fsp3) is 0.367. The monoisotopic (exact) mass is 595 g/mol. The zero-order valence-electron chi connectivity index (χ0n) is 23.9. The van der Waals surface area contributed by atoms with E-state index in [4.69, 9.17) is 34.5 Å². The molecule has 224 valence electrons. The number of nitrogens with one attached hydrogen (secondary N) is 2. The van der Waals surface area contributed by atoms with E-state index in [1.54, 1.807) is 24.4 Å². The molecule has 2 aromatic heterocycles. The molecule has 0 radical (unpaired) electrons. The van der Waals surface area contributed by atoms with Gasteiger partial charge in [0.05, 0.1) is 22.4 Å². The van der Waals surface area contributed by atoms with Gasteiger partial charge in [0, 0.05) is 35.8 Å². The lowest BCUT2D eigenvalue weighted by molar-refractivity contribution is 0.518. The van der Waals surface area contributed by atoms with Gasteiger partial charge in [-0.25, -0.2) is 14.2 Å². The highest BCUT2D eigenvalue weighted by molar-refractivity contribution is 6.31. The van der Waals surface area contributed by atoms with E-state index in [1.165, 1.54) is 4.57 Å². The van der Waals surface area contributed by atoms with Crippen LogP contribution in [0.1, 0.15) is 50.3 Å². The molecule has 4 rings (SSSR count). The topological polar surface area (TPSA) is 179 Å². The average Bonchev–Trinajstić information content (AvgIpc) is 3.36. The van der Waals surface area contributed by atoms with Crippen molar-refractivity contribution in [3.05, 3.63) is 81.1 Å². The molecule has 2 aromatic carbocycles. The predicted molar refractivity (Wildman–Crippen MR) is 168 cm³/mol. The molecule has 10 nitrogen and oxygen atoms in total. The van der Waals surface area contributed by atoms with E-state index in [2.05, 4.69) is 20.3 Å². The van der Waals surface area contributed by atoms with E-state index >= 15 is 4.39 Å². The molecule has 4 aromatic rings. The van der Waals surface area contributed by atoms with Crippen LogP contribution in [-0.2, 0) is 6.42 Å². The van der Waals surface area contributed by atoms with Crippen molar-refractivity contribution in [2.75, 3.05) is 13.1 Å². The third kappa shape index (κ3) is 7.74. The SMILES string of the molecule is C[C@H](N)CCCc1cc(Cl)c(F)c(-c2cc3cn(-c4ccc([C@H](C)NCC[C@H](CN)N=C(N)N)cc4)c(=O)nc3[nH]2)c1. The van der Waals surface area contributed by atoms with Crippen molar-refractivity contribution in [2.24, 2.45) is 27.9 Å². The van der Waals surface area contributed by atoms with Crippen LogP contribution in [0.2, 0.25) is 5.02 Å². The average molecular weight is 596 g/mol. The number of aryl methyl sites for hydroxylation is 1. The predicted octanol–water partition coefficient (Wildman–Crippen LogP) is 3.48. The maximum absolute atomic E-state index is 15.1. The fourth-order valence-electron chi connectivity index (χ4n) is 4.89. The summed E-state index contributed by atoms with van der Waals surface area (Å²) in [5, 5.41) is 4.15.